The van der Waals surface area contributed by atoms with E-state index < -0.39 is 6.09 Å². The number of nitrogens with zero attached hydrogens (tertiary/aromatic N) is 1. The summed E-state index contributed by atoms with van der Waals surface area (Å²) in [5.74, 6) is 0.0397. The SMILES string of the molecule is N#Cc1cc(C=CCNC(=O)OCC2c3ccccc3-c3ccccc32)ccc1N. The molecule has 0 bridgehead atoms. The quantitative estimate of drug-likeness (QED) is 0.613. The number of hydrogen-bond acceptors (Lipinski definition) is 4. The van der Waals surface area contributed by atoms with Crippen LogP contribution in [0.25, 0.3) is 17.2 Å². The van der Waals surface area contributed by atoms with Crippen molar-refractivity contribution in [1.82, 2.24) is 5.32 Å². The zero-order valence-corrected chi connectivity index (χ0v) is 16.3. The summed E-state index contributed by atoms with van der Waals surface area (Å²) in [5, 5.41) is 11.8. The third kappa shape index (κ3) is 3.89. The summed E-state index contributed by atoms with van der Waals surface area (Å²) in [4.78, 5) is 12.2. The first kappa shape index (κ1) is 19.3. The van der Waals surface area contributed by atoms with Crippen molar-refractivity contribution in [3.8, 4) is 17.2 Å². The summed E-state index contributed by atoms with van der Waals surface area (Å²) in [7, 11) is 0. The van der Waals surface area contributed by atoms with E-state index in [9.17, 15) is 4.79 Å². The molecule has 0 aliphatic heterocycles. The second kappa shape index (κ2) is 8.54. The predicted molar refractivity (Wildman–Crippen MR) is 118 cm³/mol. The Kier molecular flexibility index (Phi) is 5.49. The van der Waals surface area contributed by atoms with Gasteiger partial charge < -0.3 is 15.8 Å². The molecule has 0 spiro atoms. The van der Waals surface area contributed by atoms with Crippen LogP contribution in [-0.2, 0) is 4.74 Å². The zero-order valence-electron chi connectivity index (χ0n) is 16.3. The number of nitriles is 1. The lowest BCUT2D eigenvalue weighted by Crippen LogP contribution is -2.26. The first-order valence-corrected chi connectivity index (χ1v) is 9.72. The molecule has 0 fully saturated rings. The number of ether oxygens (including phenoxy) is 1. The second-order valence-electron chi connectivity index (χ2n) is 7.07. The molecule has 5 heteroatoms. The summed E-state index contributed by atoms with van der Waals surface area (Å²) in [5.41, 5.74) is 12.2. The third-order valence-corrected chi connectivity index (χ3v) is 5.22. The first-order chi connectivity index (χ1) is 14.7. The van der Waals surface area contributed by atoms with E-state index in [4.69, 9.17) is 15.7 Å². The highest BCUT2D eigenvalue weighted by Crippen LogP contribution is 2.44. The van der Waals surface area contributed by atoms with Gasteiger partial charge in [-0.1, -0.05) is 66.7 Å². The molecule has 0 atom stereocenters. The lowest BCUT2D eigenvalue weighted by atomic mass is 9.98. The van der Waals surface area contributed by atoms with Gasteiger partial charge in [-0.25, -0.2) is 4.79 Å². The standard InChI is InChI=1S/C25H21N3O2/c26-15-18-14-17(11-12-24(18)27)6-5-13-28-25(29)30-16-23-21-9-3-1-7-19(21)20-8-2-4-10-22(20)23/h1-12,14,23H,13,16,27H2,(H,28,29). The summed E-state index contributed by atoms with van der Waals surface area (Å²) in [6, 6.07) is 23.7. The van der Waals surface area contributed by atoms with Crippen molar-refractivity contribution in [2.75, 3.05) is 18.9 Å². The summed E-state index contributed by atoms with van der Waals surface area (Å²) >= 11 is 0. The van der Waals surface area contributed by atoms with Crippen LogP contribution in [0.3, 0.4) is 0 Å². The minimum Gasteiger partial charge on any atom is -0.449 e. The van der Waals surface area contributed by atoms with Crippen LogP contribution in [0.4, 0.5) is 10.5 Å². The fourth-order valence-corrected chi connectivity index (χ4v) is 3.76. The normalized spacial score (nSPS) is 12.2. The van der Waals surface area contributed by atoms with Crippen molar-refractivity contribution in [1.29, 1.82) is 5.26 Å². The number of nitrogens with one attached hydrogen (secondary N) is 1. The molecule has 0 radical (unpaired) electrons. The molecule has 0 unspecified atom stereocenters. The van der Waals surface area contributed by atoms with Gasteiger partial charge in [-0.15, -0.1) is 0 Å². The van der Waals surface area contributed by atoms with Crippen LogP contribution in [0, 0.1) is 11.3 Å². The molecular formula is C25H21N3O2. The fraction of sp³-hybridized carbons (Fsp3) is 0.120. The van der Waals surface area contributed by atoms with E-state index in [1.807, 2.05) is 36.4 Å². The molecule has 0 heterocycles. The van der Waals surface area contributed by atoms with E-state index in [1.54, 1.807) is 18.2 Å². The van der Waals surface area contributed by atoms with Gasteiger partial charge in [0.25, 0.3) is 0 Å². The Balaban J connectivity index is 1.33. The molecule has 4 rings (SSSR count). The van der Waals surface area contributed by atoms with Crippen molar-refractivity contribution in [2.45, 2.75) is 5.92 Å². The monoisotopic (exact) mass is 395 g/mol. The number of rotatable bonds is 5. The molecule has 3 aromatic rings. The molecular weight excluding hydrogens is 374 g/mol. The van der Waals surface area contributed by atoms with Gasteiger partial charge in [0.05, 0.1) is 5.56 Å². The van der Waals surface area contributed by atoms with Crippen LogP contribution < -0.4 is 11.1 Å². The maximum atomic E-state index is 12.2. The smallest absolute Gasteiger partial charge is 0.407 e. The van der Waals surface area contributed by atoms with Crippen LogP contribution in [-0.4, -0.2) is 19.2 Å². The topological polar surface area (TPSA) is 88.1 Å². The zero-order chi connectivity index (χ0) is 20.9. The minimum absolute atomic E-state index is 0.0397. The Bertz CT molecular complexity index is 1120. The van der Waals surface area contributed by atoms with E-state index in [0.29, 0.717) is 17.8 Å². The first-order valence-electron chi connectivity index (χ1n) is 9.72. The van der Waals surface area contributed by atoms with Crippen molar-refractivity contribution in [3.05, 3.63) is 95.1 Å². The van der Waals surface area contributed by atoms with Crippen LogP contribution in [0.2, 0.25) is 0 Å². The Morgan fingerprint density at radius 1 is 1.07 bits per heavy atom. The molecule has 1 aliphatic carbocycles. The molecule has 0 saturated heterocycles. The summed E-state index contributed by atoms with van der Waals surface area (Å²) < 4.78 is 5.50. The number of hydrogen-bond donors (Lipinski definition) is 2. The van der Waals surface area contributed by atoms with Crippen molar-refractivity contribution >= 4 is 17.9 Å². The number of nitrogens with two attached hydrogens (primary N) is 1. The molecule has 3 N–H and O–H groups in total. The maximum Gasteiger partial charge on any atom is 0.407 e. The number of carbonyl (C=O) groups excluding carboxylic acids is 1. The molecule has 1 amide bonds. The van der Waals surface area contributed by atoms with E-state index in [-0.39, 0.29) is 12.5 Å². The average molecular weight is 395 g/mol. The van der Waals surface area contributed by atoms with E-state index >= 15 is 0 Å². The van der Waals surface area contributed by atoms with Gasteiger partial charge in [0.1, 0.15) is 12.7 Å². The van der Waals surface area contributed by atoms with Gasteiger partial charge in [0.2, 0.25) is 0 Å². The number of nitrogen functional groups attached to an aromatic ring is 1. The Morgan fingerprint density at radius 3 is 2.40 bits per heavy atom. The molecule has 1 aliphatic rings. The van der Waals surface area contributed by atoms with E-state index in [0.717, 1.165) is 5.56 Å². The Labute approximate surface area is 175 Å². The number of anilines is 1. The van der Waals surface area contributed by atoms with Crippen molar-refractivity contribution in [2.24, 2.45) is 0 Å². The van der Waals surface area contributed by atoms with Gasteiger partial charge in [0, 0.05) is 18.2 Å². The predicted octanol–water partition coefficient (Wildman–Crippen LogP) is 4.69. The van der Waals surface area contributed by atoms with E-state index in [1.165, 1.54) is 22.3 Å². The van der Waals surface area contributed by atoms with Crippen LogP contribution in [0.1, 0.15) is 28.2 Å². The number of carbonyl (C=O) groups is 1. The van der Waals surface area contributed by atoms with Crippen LogP contribution in [0.5, 0.6) is 0 Å². The lowest BCUT2D eigenvalue weighted by Gasteiger charge is -2.14. The Morgan fingerprint density at radius 2 is 1.73 bits per heavy atom. The maximum absolute atomic E-state index is 12.2. The minimum atomic E-state index is -0.462. The molecule has 30 heavy (non-hydrogen) atoms. The molecule has 0 aromatic heterocycles. The van der Waals surface area contributed by atoms with Gasteiger partial charge in [-0.2, -0.15) is 5.26 Å². The molecule has 5 nitrogen and oxygen atoms in total. The van der Waals surface area contributed by atoms with Crippen molar-refractivity contribution in [3.63, 3.8) is 0 Å². The highest BCUT2D eigenvalue weighted by Gasteiger charge is 2.28. The number of benzene rings is 3. The van der Waals surface area contributed by atoms with Gasteiger partial charge in [-0.3, -0.25) is 0 Å². The summed E-state index contributed by atoms with van der Waals surface area (Å²) in [6.07, 6.45) is 3.16. The Hall–Kier alpha value is -4.04. The van der Waals surface area contributed by atoms with E-state index in [2.05, 4.69) is 35.7 Å². The second-order valence-corrected chi connectivity index (χ2v) is 7.07. The highest BCUT2D eigenvalue weighted by atomic mass is 16.5. The molecule has 3 aromatic carbocycles. The third-order valence-electron chi connectivity index (χ3n) is 5.22. The number of fused-ring (bicyclic) bond motifs is 3. The fourth-order valence-electron chi connectivity index (χ4n) is 3.76. The molecule has 148 valence electrons. The summed E-state index contributed by atoms with van der Waals surface area (Å²) in [6.45, 7) is 0.607. The van der Waals surface area contributed by atoms with Gasteiger partial charge >= 0.3 is 6.09 Å². The van der Waals surface area contributed by atoms with Crippen molar-refractivity contribution < 1.29 is 9.53 Å². The largest absolute Gasteiger partial charge is 0.449 e. The number of alkyl carbamates (subject to hydrolysis) is 1. The van der Waals surface area contributed by atoms with Gasteiger partial charge in [0.15, 0.2) is 0 Å². The lowest BCUT2D eigenvalue weighted by molar-refractivity contribution is 0.144. The van der Waals surface area contributed by atoms with Crippen LogP contribution >= 0.6 is 0 Å². The molecule has 0 saturated carbocycles. The number of amides is 1. The van der Waals surface area contributed by atoms with Gasteiger partial charge in [-0.05, 0) is 39.9 Å². The average Bonchev–Trinajstić information content (AvgIpc) is 3.10. The highest BCUT2D eigenvalue weighted by molar-refractivity contribution is 5.79. The van der Waals surface area contributed by atoms with Crippen LogP contribution in [0.15, 0.2) is 72.8 Å².